The van der Waals surface area contributed by atoms with E-state index in [1.54, 1.807) is 8.61 Å². The lowest BCUT2D eigenvalue weighted by Gasteiger charge is -2.37. The fraction of sp³-hybridized carbons (Fsp3) is 1.00. The van der Waals surface area contributed by atoms with Crippen molar-refractivity contribution >= 4 is 10.2 Å². The van der Waals surface area contributed by atoms with Crippen LogP contribution in [0.15, 0.2) is 0 Å². The molecule has 118 valence electrons. The molecule has 7 heteroatoms. The van der Waals surface area contributed by atoms with Crippen molar-refractivity contribution in [2.24, 2.45) is 5.73 Å². The summed E-state index contributed by atoms with van der Waals surface area (Å²) in [6.07, 6.45) is 5.30. The van der Waals surface area contributed by atoms with E-state index in [-0.39, 0.29) is 0 Å². The van der Waals surface area contributed by atoms with Gasteiger partial charge in [-0.25, -0.2) is 0 Å². The van der Waals surface area contributed by atoms with Crippen LogP contribution >= 0.6 is 0 Å². The molecule has 0 amide bonds. The van der Waals surface area contributed by atoms with E-state index in [1.807, 2.05) is 0 Å². The summed E-state index contributed by atoms with van der Waals surface area (Å²) >= 11 is 0. The quantitative estimate of drug-likeness (QED) is 0.705. The third kappa shape index (κ3) is 4.14. The lowest BCUT2D eigenvalue weighted by Crippen LogP contribution is -2.53. The number of unbranched alkanes of at least 4 members (excludes halogenated alkanes) is 1. The molecule has 6 nitrogen and oxygen atoms in total. The summed E-state index contributed by atoms with van der Waals surface area (Å²) in [6, 6.07) is 0. The van der Waals surface area contributed by atoms with Crippen molar-refractivity contribution < 1.29 is 8.42 Å². The lowest BCUT2D eigenvalue weighted by molar-refractivity contribution is 0.177. The predicted octanol–water partition coefficient (Wildman–Crippen LogP) is 0.0736. The fourth-order valence-electron chi connectivity index (χ4n) is 2.92. The van der Waals surface area contributed by atoms with E-state index in [4.69, 9.17) is 5.73 Å². The molecule has 2 aliphatic rings. The second kappa shape index (κ2) is 7.70. The normalized spacial score (nSPS) is 24.1. The van der Waals surface area contributed by atoms with Gasteiger partial charge in [0.2, 0.25) is 0 Å². The maximum absolute atomic E-state index is 12.5. The molecule has 0 bridgehead atoms. The molecule has 0 aromatic heterocycles. The smallest absolute Gasteiger partial charge is 0.282 e. The van der Waals surface area contributed by atoms with E-state index in [0.29, 0.717) is 26.2 Å². The number of piperazine rings is 1. The molecular formula is C13H28N4O2S. The highest BCUT2D eigenvalue weighted by atomic mass is 32.2. The van der Waals surface area contributed by atoms with Crippen molar-refractivity contribution in [3.8, 4) is 0 Å². The summed E-state index contributed by atoms with van der Waals surface area (Å²) in [6.45, 7) is 6.11. The summed E-state index contributed by atoms with van der Waals surface area (Å²) in [5.41, 5.74) is 5.49. The molecule has 0 saturated carbocycles. The van der Waals surface area contributed by atoms with Crippen LogP contribution < -0.4 is 5.73 Å². The lowest BCUT2D eigenvalue weighted by atomic mass is 10.2. The SMILES string of the molecule is NCCCCN1CCN(S(=O)(=O)N2CCCCC2)CC1. The minimum Gasteiger partial charge on any atom is -0.330 e. The van der Waals surface area contributed by atoms with Gasteiger partial charge in [-0.1, -0.05) is 6.42 Å². The highest BCUT2D eigenvalue weighted by molar-refractivity contribution is 7.86. The van der Waals surface area contributed by atoms with E-state index in [1.165, 1.54) is 0 Å². The van der Waals surface area contributed by atoms with Gasteiger partial charge in [0.25, 0.3) is 10.2 Å². The van der Waals surface area contributed by atoms with E-state index >= 15 is 0 Å². The number of nitrogens with two attached hydrogens (primary N) is 1. The second-order valence-corrected chi connectivity index (χ2v) is 7.63. The molecule has 0 spiro atoms. The first-order chi connectivity index (χ1) is 9.64. The van der Waals surface area contributed by atoms with E-state index < -0.39 is 10.2 Å². The highest BCUT2D eigenvalue weighted by Gasteiger charge is 2.32. The zero-order chi connectivity index (χ0) is 14.4. The van der Waals surface area contributed by atoms with E-state index in [0.717, 1.165) is 58.3 Å². The predicted molar refractivity (Wildman–Crippen MR) is 80.6 cm³/mol. The molecule has 2 fully saturated rings. The average molecular weight is 304 g/mol. The van der Waals surface area contributed by atoms with E-state index in [9.17, 15) is 8.42 Å². The molecule has 20 heavy (non-hydrogen) atoms. The molecule has 0 unspecified atom stereocenters. The van der Waals surface area contributed by atoms with Crippen molar-refractivity contribution in [2.45, 2.75) is 32.1 Å². The maximum Gasteiger partial charge on any atom is 0.282 e. The van der Waals surface area contributed by atoms with Gasteiger partial charge in [0, 0.05) is 39.3 Å². The van der Waals surface area contributed by atoms with Crippen molar-refractivity contribution in [1.29, 1.82) is 0 Å². The van der Waals surface area contributed by atoms with Gasteiger partial charge in [0.05, 0.1) is 0 Å². The first-order valence-corrected chi connectivity index (χ1v) is 9.22. The van der Waals surface area contributed by atoms with Crippen LogP contribution in [0.1, 0.15) is 32.1 Å². The second-order valence-electron chi connectivity index (χ2n) is 5.70. The number of hydrogen-bond acceptors (Lipinski definition) is 4. The fourth-order valence-corrected chi connectivity index (χ4v) is 4.59. The zero-order valence-electron chi connectivity index (χ0n) is 12.3. The van der Waals surface area contributed by atoms with Crippen LogP contribution in [0.3, 0.4) is 0 Å². The van der Waals surface area contributed by atoms with Gasteiger partial charge in [-0.15, -0.1) is 0 Å². The molecule has 0 aromatic carbocycles. The van der Waals surface area contributed by atoms with Gasteiger partial charge in [-0.2, -0.15) is 17.0 Å². The third-order valence-electron chi connectivity index (χ3n) is 4.23. The first kappa shape index (κ1) is 16.2. The largest absolute Gasteiger partial charge is 0.330 e. The highest BCUT2D eigenvalue weighted by Crippen LogP contribution is 2.18. The van der Waals surface area contributed by atoms with Gasteiger partial charge in [0.1, 0.15) is 0 Å². The third-order valence-corrected chi connectivity index (χ3v) is 6.26. The molecule has 0 aliphatic carbocycles. The standard InChI is InChI=1S/C13H28N4O2S/c14-6-2-5-7-15-10-12-17(13-11-15)20(18,19)16-8-3-1-4-9-16/h1-14H2. The molecule has 2 aliphatic heterocycles. The van der Waals surface area contributed by atoms with Crippen molar-refractivity contribution in [3.05, 3.63) is 0 Å². The maximum atomic E-state index is 12.5. The Balaban J connectivity index is 1.80. The number of rotatable bonds is 6. The summed E-state index contributed by atoms with van der Waals surface area (Å²) in [5, 5.41) is 0. The van der Waals surface area contributed by atoms with Gasteiger partial charge in [-0.05, 0) is 38.8 Å². The van der Waals surface area contributed by atoms with Gasteiger partial charge in [-0.3, -0.25) is 0 Å². The Hall–Kier alpha value is -0.210. The Morgan fingerprint density at radius 2 is 1.40 bits per heavy atom. The summed E-state index contributed by atoms with van der Waals surface area (Å²) in [4.78, 5) is 2.35. The molecule has 2 heterocycles. The average Bonchev–Trinajstić information content (AvgIpc) is 2.49. The summed E-state index contributed by atoms with van der Waals surface area (Å²) in [7, 11) is -3.21. The first-order valence-electron chi connectivity index (χ1n) is 7.82. The van der Waals surface area contributed by atoms with Crippen molar-refractivity contribution in [1.82, 2.24) is 13.5 Å². The van der Waals surface area contributed by atoms with Crippen molar-refractivity contribution in [3.63, 3.8) is 0 Å². The molecule has 2 rings (SSSR count). The number of hydrogen-bond donors (Lipinski definition) is 1. The Morgan fingerprint density at radius 3 is 2.00 bits per heavy atom. The minimum absolute atomic E-state index is 0.626. The van der Waals surface area contributed by atoms with Crippen LogP contribution in [0.4, 0.5) is 0 Å². The van der Waals surface area contributed by atoms with Crippen LogP contribution in [-0.2, 0) is 10.2 Å². The Labute approximate surface area is 123 Å². The minimum atomic E-state index is -3.21. The van der Waals surface area contributed by atoms with Crippen LogP contribution in [0.25, 0.3) is 0 Å². The molecule has 0 aromatic rings. The van der Waals surface area contributed by atoms with Gasteiger partial charge >= 0.3 is 0 Å². The molecule has 2 N–H and O–H groups in total. The topological polar surface area (TPSA) is 69.9 Å². The van der Waals surface area contributed by atoms with Crippen molar-refractivity contribution in [2.75, 3.05) is 52.4 Å². The zero-order valence-corrected chi connectivity index (χ0v) is 13.2. The van der Waals surface area contributed by atoms with E-state index in [2.05, 4.69) is 4.90 Å². The Bertz CT molecular complexity index is 374. The molecule has 0 atom stereocenters. The van der Waals surface area contributed by atoms with Crippen LogP contribution in [0.2, 0.25) is 0 Å². The number of piperidine rings is 1. The van der Waals surface area contributed by atoms with Crippen LogP contribution in [0.5, 0.6) is 0 Å². The Kier molecular flexibility index (Phi) is 6.22. The summed E-state index contributed by atoms with van der Waals surface area (Å²) < 4.78 is 28.4. The monoisotopic (exact) mass is 304 g/mol. The summed E-state index contributed by atoms with van der Waals surface area (Å²) in [5.74, 6) is 0. The van der Waals surface area contributed by atoms with Crippen LogP contribution in [-0.4, -0.2) is 74.3 Å². The molecule has 2 saturated heterocycles. The molecular weight excluding hydrogens is 276 g/mol. The van der Waals surface area contributed by atoms with Gasteiger partial charge < -0.3 is 10.6 Å². The van der Waals surface area contributed by atoms with Gasteiger partial charge in [0.15, 0.2) is 0 Å². The Morgan fingerprint density at radius 1 is 0.800 bits per heavy atom. The number of nitrogens with zero attached hydrogens (tertiary/aromatic N) is 3. The van der Waals surface area contributed by atoms with Crippen LogP contribution in [0, 0.1) is 0 Å². The molecule has 0 radical (unpaired) electrons.